The van der Waals surface area contributed by atoms with Gasteiger partial charge < -0.3 is 10.6 Å². The van der Waals surface area contributed by atoms with Gasteiger partial charge >= 0.3 is 0 Å². The molecule has 1 atom stereocenters. The van der Waals surface area contributed by atoms with Crippen LogP contribution in [-0.2, 0) is 0 Å². The number of hydrogen-bond acceptors (Lipinski definition) is 5. The van der Waals surface area contributed by atoms with Crippen LogP contribution >= 0.6 is 11.6 Å². The Kier molecular flexibility index (Phi) is 6.04. The second-order valence-corrected chi connectivity index (χ2v) is 5.57. The molecule has 1 unspecified atom stereocenters. The van der Waals surface area contributed by atoms with E-state index in [1.165, 1.54) is 4.90 Å². The first-order valence-electron chi connectivity index (χ1n) is 6.55. The Morgan fingerprint density at radius 1 is 1.57 bits per heavy atom. The van der Waals surface area contributed by atoms with Gasteiger partial charge in [-0.1, -0.05) is 25.4 Å². The highest BCUT2D eigenvalue weighted by molar-refractivity contribution is 6.32. The van der Waals surface area contributed by atoms with Crippen LogP contribution in [0.5, 0.6) is 0 Å². The van der Waals surface area contributed by atoms with Crippen molar-refractivity contribution in [3.8, 4) is 0 Å². The normalized spacial score (nSPS) is 12.3. The molecule has 0 aromatic carbocycles. The zero-order chi connectivity index (χ0) is 16.2. The summed E-state index contributed by atoms with van der Waals surface area (Å²) >= 11 is 5.85. The molecule has 1 amide bonds. The molecule has 1 aromatic heterocycles. The van der Waals surface area contributed by atoms with Crippen molar-refractivity contribution in [3.63, 3.8) is 0 Å². The molecule has 0 bridgehead atoms. The second kappa shape index (κ2) is 7.33. The summed E-state index contributed by atoms with van der Waals surface area (Å²) in [5.74, 6) is -0.0938. The molecule has 0 aliphatic carbocycles. The van der Waals surface area contributed by atoms with Gasteiger partial charge in [0, 0.05) is 25.7 Å². The minimum atomic E-state index is -0.616. The molecule has 0 aliphatic heterocycles. The van der Waals surface area contributed by atoms with Crippen molar-refractivity contribution >= 4 is 23.2 Å². The summed E-state index contributed by atoms with van der Waals surface area (Å²) in [7, 11) is 1.60. The van der Waals surface area contributed by atoms with Crippen molar-refractivity contribution in [3.05, 3.63) is 33.1 Å². The average Bonchev–Trinajstić information content (AvgIpc) is 2.43. The number of nitrogens with zero attached hydrogens (tertiary/aromatic N) is 3. The number of rotatable bonds is 6. The van der Waals surface area contributed by atoms with E-state index in [4.69, 9.17) is 17.3 Å². The summed E-state index contributed by atoms with van der Waals surface area (Å²) in [6.07, 6.45) is 1.66. The molecule has 21 heavy (non-hydrogen) atoms. The Hall–Kier alpha value is -1.73. The summed E-state index contributed by atoms with van der Waals surface area (Å²) < 4.78 is 0. The third kappa shape index (κ3) is 4.64. The molecular weight excluding hydrogens is 296 g/mol. The molecule has 0 saturated carbocycles. The highest BCUT2D eigenvalue weighted by Crippen LogP contribution is 2.20. The smallest absolute Gasteiger partial charge is 0.288 e. The molecule has 0 aliphatic rings. The lowest BCUT2D eigenvalue weighted by molar-refractivity contribution is -0.385. The van der Waals surface area contributed by atoms with Gasteiger partial charge in [-0.25, -0.2) is 4.98 Å². The molecule has 1 aromatic rings. The SMILES string of the molecule is CC(C)C(N)CCN(C)C(=O)c1cc([N+](=O)[O-])cnc1Cl. The second-order valence-electron chi connectivity index (χ2n) is 5.21. The molecule has 0 spiro atoms. The van der Waals surface area contributed by atoms with Crippen LogP contribution in [0.3, 0.4) is 0 Å². The standard InChI is InChI=1S/C13H19ClN4O3/c1-8(2)11(15)4-5-17(3)13(19)10-6-9(18(20)21)7-16-12(10)14/h6-8,11H,4-5,15H2,1-3H3. The van der Waals surface area contributed by atoms with E-state index >= 15 is 0 Å². The van der Waals surface area contributed by atoms with Gasteiger partial charge in [0.2, 0.25) is 0 Å². The van der Waals surface area contributed by atoms with E-state index in [-0.39, 0.29) is 22.4 Å². The third-order valence-corrected chi connectivity index (χ3v) is 3.57. The molecule has 1 rings (SSSR count). The highest BCUT2D eigenvalue weighted by atomic mass is 35.5. The summed E-state index contributed by atoms with van der Waals surface area (Å²) in [6.45, 7) is 4.46. The zero-order valence-corrected chi connectivity index (χ0v) is 13.0. The molecule has 0 saturated heterocycles. The van der Waals surface area contributed by atoms with Gasteiger partial charge in [0.25, 0.3) is 11.6 Å². The van der Waals surface area contributed by atoms with Crippen LogP contribution in [0.2, 0.25) is 5.15 Å². The van der Waals surface area contributed by atoms with Crippen LogP contribution in [-0.4, -0.2) is 40.3 Å². The number of aromatic nitrogens is 1. The molecule has 0 fully saturated rings. The average molecular weight is 315 g/mol. The molecule has 2 N–H and O–H groups in total. The van der Waals surface area contributed by atoms with Crippen LogP contribution in [0.25, 0.3) is 0 Å². The summed E-state index contributed by atoms with van der Waals surface area (Å²) in [4.78, 5) is 27.5. The van der Waals surface area contributed by atoms with E-state index in [1.807, 2.05) is 13.8 Å². The van der Waals surface area contributed by atoms with Crippen molar-refractivity contribution in [2.45, 2.75) is 26.3 Å². The van der Waals surface area contributed by atoms with Crippen molar-refractivity contribution in [1.29, 1.82) is 0 Å². The molecular formula is C13H19ClN4O3. The fourth-order valence-electron chi connectivity index (χ4n) is 1.67. The van der Waals surface area contributed by atoms with Crippen LogP contribution in [0, 0.1) is 16.0 Å². The van der Waals surface area contributed by atoms with Gasteiger partial charge in [-0.05, 0) is 12.3 Å². The minimum Gasteiger partial charge on any atom is -0.342 e. The lowest BCUT2D eigenvalue weighted by atomic mass is 10.0. The summed E-state index contributed by atoms with van der Waals surface area (Å²) in [5.41, 5.74) is 5.68. The molecule has 8 heteroatoms. The highest BCUT2D eigenvalue weighted by Gasteiger charge is 2.20. The van der Waals surface area contributed by atoms with Gasteiger partial charge in [-0.15, -0.1) is 0 Å². The predicted octanol–water partition coefficient (Wildman–Crippen LogP) is 2.09. The number of halogens is 1. The fourth-order valence-corrected chi connectivity index (χ4v) is 1.85. The van der Waals surface area contributed by atoms with Crippen molar-refractivity contribution in [1.82, 2.24) is 9.88 Å². The van der Waals surface area contributed by atoms with Gasteiger partial charge in [-0.2, -0.15) is 0 Å². The van der Waals surface area contributed by atoms with Crippen LogP contribution in [0.1, 0.15) is 30.6 Å². The van der Waals surface area contributed by atoms with Gasteiger partial charge in [-0.3, -0.25) is 14.9 Å². The van der Waals surface area contributed by atoms with Gasteiger partial charge in [0.1, 0.15) is 11.3 Å². The van der Waals surface area contributed by atoms with Crippen LogP contribution in [0.4, 0.5) is 5.69 Å². The van der Waals surface area contributed by atoms with Crippen LogP contribution < -0.4 is 5.73 Å². The predicted molar refractivity (Wildman–Crippen MR) is 80.3 cm³/mol. The van der Waals surface area contributed by atoms with Crippen molar-refractivity contribution < 1.29 is 9.72 Å². The van der Waals surface area contributed by atoms with Crippen LogP contribution in [0.15, 0.2) is 12.3 Å². The monoisotopic (exact) mass is 314 g/mol. The molecule has 0 radical (unpaired) electrons. The maximum Gasteiger partial charge on any atom is 0.288 e. The Labute approximate surface area is 128 Å². The minimum absolute atomic E-state index is 0.0149. The molecule has 116 valence electrons. The van der Waals surface area contributed by atoms with E-state index in [9.17, 15) is 14.9 Å². The third-order valence-electron chi connectivity index (χ3n) is 3.27. The Balaban J connectivity index is 2.83. The summed E-state index contributed by atoms with van der Waals surface area (Å²) in [5, 5.41) is 10.7. The van der Waals surface area contributed by atoms with Crippen molar-refractivity contribution in [2.75, 3.05) is 13.6 Å². The maximum absolute atomic E-state index is 12.3. The number of amides is 1. The van der Waals surface area contributed by atoms with E-state index in [1.54, 1.807) is 7.05 Å². The number of carbonyl (C=O) groups is 1. The number of hydrogen-bond donors (Lipinski definition) is 1. The lowest BCUT2D eigenvalue weighted by Gasteiger charge is -2.21. The fraction of sp³-hybridized carbons (Fsp3) is 0.538. The first-order valence-corrected chi connectivity index (χ1v) is 6.92. The van der Waals surface area contributed by atoms with Gasteiger partial charge in [0.15, 0.2) is 0 Å². The first-order chi connectivity index (χ1) is 9.73. The van der Waals surface area contributed by atoms with Gasteiger partial charge in [0.05, 0.1) is 10.5 Å². The van der Waals surface area contributed by atoms with E-state index < -0.39 is 10.8 Å². The number of nitrogens with two attached hydrogens (primary N) is 1. The van der Waals surface area contributed by atoms with E-state index in [0.717, 1.165) is 12.3 Å². The van der Waals surface area contributed by atoms with E-state index in [2.05, 4.69) is 4.98 Å². The number of carbonyl (C=O) groups excluding carboxylic acids is 1. The Bertz CT molecular complexity index is 536. The molecule has 7 nitrogen and oxygen atoms in total. The number of nitro groups is 1. The lowest BCUT2D eigenvalue weighted by Crippen LogP contribution is -2.34. The first kappa shape index (κ1) is 17.3. The number of pyridine rings is 1. The summed E-state index contributed by atoms with van der Waals surface area (Å²) in [6, 6.07) is 1.12. The zero-order valence-electron chi connectivity index (χ0n) is 12.2. The van der Waals surface area contributed by atoms with Crippen molar-refractivity contribution in [2.24, 2.45) is 11.7 Å². The van der Waals surface area contributed by atoms with E-state index in [0.29, 0.717) is 18.9 Å². The largest absolute Gasteiger partial charge is 0.342 e. The maximum atomic E-state index is 12.3. The molecule has 1 heterocycles. The Morgan fingerprint density at radius 3 is 2.71 bits per heavy atom. The quantitative estimate of drug-likeness (QED) is 0.492. The topological polar surface area (TPSA) is 102 Å². The Morgan fingerprint density at radius 2 is 2.19 bits per heavy atom.